The van der Waals surface area contributed by atoms with Gasteiger partial charge in [-0.15, -0.1) is 0 Å². The fourth-order valence-corrected chi connectivity index (χ4v) is 2.25. The van der Waals surface area contributed by atoms with Crippen molar-refractivity contribution in [3.8, 4) is 0 Å². The van der Waals surface area contributed by atoms with Gasteiger partial charge in [-0.3, -0.25) is 4.79 Å². The summed E-state index contributed by atoms with van der Waals surface area (Å²) < 4.78 is 0. The van der Waals surface area contributed by atoms with Crippen LogP contribution in [0.1, 0.15) is 33.1 Å². The number of rotatable bonds is 4. The fourth-order valence-electron chi connectivity index (χ4n) is 2.00. The lowest BCUT2D eigenvalue weighted by atomic mass is 9.84. The van der Waals surface area contributed by atoms with Crippen molar-refractivity contribution in [1.29, 1.82) is 0 Å². The topological polar surface area (TPSA) is 55.1 Å². The van der Waals surface area contributed by atoms with Crippen molar-refractivity contribution in [2.75, 3.05) is 12.8 Å². The molecule has 1 aliphatic carbocycles. The zero-order valence-corrected chi connectivity index (χ0v) is 10.7. The molecule has 0 aliphatic heterocycles. The molecule has 0 radical (unpaired) electrons. The molecule has 3 unspecified atom stereocenters. The zero-order chi connectivity index (χ0) is 11.5. The summed E-state index contributed by atoms with van der Waals surface area (Å²) in [6, 6.07) is 0.0297. The van der Waals surface area contributed by atoms with E-state index in [-0.39, 0.29) is 17.4 Å². The summed E-state index contributed by atoms with van der Waals surface area (Å²) in [6.07, 6.45) is 5.03. The smallest absolute Gasteiger partial charge is 0.227 e. The molecule has 0 bridgehead atoms. The molecule has 4 heteroatoms. The normalized spacial score (nSPS) is 32.7. The molecule has 0 heterocycles. The summed E-state index contributed by atoms with van der Waals surface area (Å²) in [7, 11) is 0. The molecule has 3 atom stereocenters. The Kier molecular flexibility index (Phi) is 4.46. The van der Waals surface area contributed by atoms with E-state index in [1.165, 1.54) is 0 Å². The SMILES string of the molecule is CSC(C)CNC(=O)C1(C)CCCC1N. The number of amides is 1. The van der Waals surface area contributed by atoms with E-state index in [0.717, 1.165) is 25.8 Å². The second-order valence-electron chi connectivity index (χ2n) is 4.67. The van der Waals surface area contributed by atoms with E-state index in [1.54, 1.807) is 11.8 Å². The molecule has 0 aromatic heterocycles. The molecule has 3 N–H and O–H groups in total. The van der Waals surface area contributed by atoms with Crippen LogP contribution in [0.5, 0.6) is 0 Å². The third kappa shape index (κ3) is 2.88. The molecule has 0 aromatic carbocycles. The average Bonchev–Trinajstić information content (AvgIpc) is 2.56. The van der Waals surface area contributed by atoms with Crippen LogP contribution in [0.3, 0.4) is 0 Å². The molecule has 1 fully saturated rings. The Balaban J connectivity index is 2.46. The van der Waals surface area contributed by atoms with Crippen LogP contribution in [0, 0.1) is 5.41 Å². The van der Waals surface area contributed by atoms with Crippen molar-refractivity contribution >= 4 is 17.7 Å². The summed E-state index contributed by atoms with van der Waals surface area (Å²) in [5, 5.41) is 3.47. The second-order valence-corrected chi connectivity index (χ2v) is 5.95. The Morgan fingerprint density at radius 1 is 1.73 bits per heavy atom. The van der Waals surface area contributed by atoms with Crippen LogP contribution in [0.25, 0.3) is 0 Å². The highest BCUT2D eigenvalue weighted by molar-refractivity contribution is 7.99. The molecule has 1 rings (SSSR count). The second kappa shape index (κ2) is 5.21. The molecule has 3 nitrogen and oxygen atoms in total. The van der Waals surface area contributed by atoms with Gasteiger partial charge in [-0.2, -0.15) is 11.8 Å². The van der Waals surface area contributed by atoms with E-state index in [9.17, 15) is 4.79 Å². The highest BCUT2D eigenvalue weighted by atomic mass is 32.2. The lowest BCUT2D eigenvalue weighted by Gasteiger charge is -2.28. The van der Waals surface area contributed by atoms with Crippen molar-refractivity contribution in [2.24, 2.45) is 11.1 Å². The number of thioether (sulfide) groups is 1. The van der Waals surface area contributed by atoms with Crippen LogP contribution < -0.4 is 11.1 Å². The predicted octanol–water partition coefficient (Wildman–Crippen LogP) is 1.37. The Labute approximate surface area is 96.6 Å². The third-order valence-electron chi connectivity index (χ3n) is 3.50. The van der Waals surface area contributed by atoms with Crippen LogP contribution >= 0.6 is 11.8 Å². The minimum absolute atomic E-state index is 0.0297. The standard InChI is InChI=1S/C11H22N2OS/c1-8(15-3)7-13-10(14)11(2)6-4-5-9(11)12/h8-9H,4-7,12H2,1-3H3,(H,13,14). The first kappa shape index (κ1) is 12.8. The fraction of sp³-hybridized carbons (Fsp3) is 0.909. The van der Waals surface area contributed by atoms with Gasteiger partial charge in [-0.05, 0) is 26.0 Å². The van der Waals surface area contributed by atoms with Crippen molar-refractivity contribution in [3.05, 3.63) is 0 Å². The van der Waals surface area contributed by atoms with Crippen molar-refractivity contribution in [1.82, 2.24) is 5.32 Å². The summed E-state index contributed by atoms with van der Waals surface area (Å²) in [5.41, 5.74) is 5.65. The Hall–Kier alpha value is -0.220. The maximum Gasteiger partial charge on any atom is 0.227 e. The molecule has 1 aliphatic rings. The van der Waals surface area contributed by atoms with Gasteiger partial charge in [0.05, 0.1) is 5.41 Å². The quantitative estimate of drug-likeness (QED) is 0.767. The Morgan fingerprint density at radius 2 is 2.40 bits per heavy atom. The number of carbonyl (C=O) groups is 1. The van der Waals surface area contributed by atoms with Crippen LogP contribution in [-0.2, 0) is 4.79 Å². The van der Waals surface area contributed by atoms with Gasteiger partial charge in [0.15, 0.2) is 0 Å². The number of carbonyl (C=O) groups excluding carboxylic acids is 1. The maximum absolute atomic E-state index is 12.0. The molecule has 0 aromatic rings. The van der Waals surface area contributed by atoms with Gasteiger partial charge in [0.1, 0.15) is 0 Å². The van der Waals surface area contributed by atoms with Crippen molar-refractivity contribution in [3.63, 3.8) is 0 Å². The number of hydrogen-bond donors (Lipinski definition) is 2. The first-order valence-corrected chi connectivity index (χ1v) is 6.86. The van der Waals surface area contributed by atoms with Gasteiger partial charge in [-0.25, -0.2) is 0 Å². The van der Waals surface area contributed by atoms with Crippen LogP contribution in [0.2, 0.25) is 0 Å². The zero-order valence-electron chi connectivity index (χ0n) is 9.88. The molecule has 1 saturated carbocycles. The van der Waals surface area contributed by atoms with E-state index in [1.807, 2.05) is 6.92 Å². The average molecular weight is 230 g/mol. The van der Waals surface area contributed by atoms with Gasteiger partial charge in [0.25, 0.3) is 0 Å². The Bertz CT molecular complexity index is 235. The maximum atomic E-state index is 12.0. The number of nitrogens with one attached hydrogen (secondary N) is 1. The van der Waals surface area contributed by atoms with Gasteiger partial charge < -0.3 is 11.1 Å². The number of hydrogen-bond acceptors (Lipinski definition) is 3. The summed E-state index contributed by atoms with van der Waals surface area (Å²) in [5.74, 6) is 0.133. The highest BCUT2D eigenvalue weighted by Crippen LogP contribution is 2.36. The van der Waals surface area contributed by atoms with E-state index >= 15 is 0 Å². The van der Waals surface area contributed by atoms with Crippen molar-refractivity contribution in [2.45, 2.75) is 44.4 Å². The van der Waals surface area contributed by atoms with Crippen LogP contribution in [0.15, 0.2) is 0 Å². The van der Waals surface area contributed by atoms with Gasteiger partial charge in [0.2, 0.25) is 5.91 Å². The first-order chi connectivity index (χ1) is 7.00. The van der Waals surface area contributed by atoms with Crippen LogP contribution in [0.4, 0.5) is 0 Å². The van der Waals surface area contributed by atoms with E-state index in [2.05, 4.69) is 18.5 Å². The summed E-state index contributed by atoms with van der Waals surface area (Å²) in [4.78, 5) is 12.0. The van der Waals surface area contributed by atoms with E-state index < -0.39 is 0 Å². The minimum Gasteiger partial charge on any atom is -0.354 e. The van der Waals surface area contributed by atoms with Crippen molar-refractivity contribution < 1.29 is 4.79 Å². The molecule has 15 heavy (non-hydrogen) atoms. The molecule has 0 saturated heterocycles. The predicted molar refractivity (Wildman–Crippen MR) is 65.9 cm³/mol. The monoisotopic (exact) mass is 230 g/mol. The molecule has 88 valence electrons. The molecule has 1 amide bonds. The Morgan fingerprint density at radius 3 is 2.87 bits per heavy atom. The highest BCUT2D eigenvalue weighted by Gasteiger charge is 2.42. The van der Waals surface area contributed by atoms with Gasteiger partial charge >= 0.3 is 0 Å². The molecular formula is C11H22N2OS. The molecular weight excluding hydrogens is 208 g/mol. The molecule has 0 spiro atoms. The number of nitrogens with two attached hydrogens (primary N) is 1. The summed E-state index contributed by atoms with van der Waals surface area (Å²) >= 11 is 1.76. The largest absolute Gasteiger partial charge is 0.354 e. The first-order valence-electron chi connectivity index (χ1n) is 5.57. The summed E-state index contributed by atoms with van der Waals surface area (Å²) in [6.45, 7) is 4.84. The lowest BCUT2D eigenvalue weighted by Crippen LogP contribution is -2.48. The van der Waals surface area contributed by atoms with Gasteiger partial charge in [0, 0.05) is 17.8 Å². The van der Waals surface area contributed by atoms with E-state index in [0.29, 0.717) is 5.25 Å². The van der Waals surface area contributed by atoms with E-state index in [4.69, 9.17) is 5.73 Å². The minimum atomic E-state index is -0.335. The lowest BCUT2D eigenvalue weighted by molar-refractivity contribution is -0.130. The van der Waals surface area contributed by atoms with Gasteiger partial charge in [-0.1, -0.05) is 13.3 Å². The van der Waals surface area contributed by atoms with Crippen LogP contribution in [-0.4, -0.2) is 30.0 Å². The third-order valence-corrected chi connectivity index (χ3v) is 4.47.